The second-order valence-corrected chi connectivity index (χ2v) is 6.91. The average molecular weight is 314 g/mol. The number of halogens is 2. The number of benzene rings is 1. The predicted octanol–water partition coefficient (Wildman–Crippen LogP) is 5.86. The summed E-state index contributed by atoms with van der Waals surface area (Å²) < 4.78 is 0. The van der Waals surface area contributed by atoms with Gasteiger partial charge in [0.1, 0.15) is 0 Å². The SMILES string of the molecule is CCC1CCC(CNC(C)c2ccc(Cl)c(Cl)c2)CC1. The van der Waals surface area contributed by atoms with Gasteiger partial charge in [0.05, 0.1) is 10.0 Å². The van der Waals surface area contributed by atoms with Crippen molar-refractivity contribution in [3.8, 4) is 0 Å². The van der Waals surface area contributed by atoms with E-state index in [1.54, 1.807) is 0 Å². The lowest BCUT2D eigenvalue weighted by Crippen LogP contribution is -2.28. The largest absolute Gasteiger partial charge is 0.310 e. The van der Waals surface area contributed by atoms with E-state index >= 15 is 0 Å². The molecule has 3 heteroatoms. The van der Waals surface area contributed by atoms with E-state index in [1.165, 1.54) is 37.7 Å². The maximum atomic E-state index is 6.08. The average Bonchev–Trinajstić information content (AvgIpc) is 2.48. The van der Waals surface area contributed by atoms with E-state index in [2.05, 4.69) is 25.2 Å². The zero-order chi connectivity index (χ0) is 14.5. The minimum atomic E-state index is 0.327. The van der Waals surface area contributed by atoms with Gasteiger partial charge in [-0.2, -0.15) is 0 Å². The lowest BCUT2D eigenvalue weighted by atomic mass is 9.81. The van der Waals surface area contributed by atoms with Gasteiger partial charge in [-0.25, -0.2) is 0 Å². The lowest BCUT2D eigenvalue weighted by Gasteiger charge is -2.29. The van der Waals surface area contributed by atoms with Crippen molar-refractivity contribution >= 4 is 23.2 Å². The highest BCUT2D eigenvalue weighted by atomic mass is 35.5. The van der Waals surface area contributed by atoms with E-state index in [-0.39, 0.29) is 0 Å². The lowest BCUT2D eigenvalue weighted by molar-refractivity contribution is 0.258. The summed E-state index contributed by atoms with van der Waals surface area (Å²) >= 11 is 12.0. The van der Waals surface area contributed by atoms with E-state index in [0.717, 1.165) is 18.4 Å². The van der Waals surface area contributed by atoms with Gasteiger partial charge in [0.25, 0.3) is 0 Å². The highest BCUT2D eigenvalue weighted by molar-refractivity contribution is 6.42. The van der Waals surface area contributed by atoms with Gasteiger partial charge in [-0.15, -0.1) is 0 Å². The van der Waals surface area contributed by atoms with Gasteiger partial charge in [0, 0.05) is 6.04 Å². The zero-order valence-electron chi connectivity index (χ0n) is 12.5. The number of hydrogen-bond donors (Lipinski definition) is 1. The van der Waals surface area contributed by atoms with Crippen LogP contribution in [0.2, 0.25) is 10.0 Å². The minimum absolute atomic E-state index is 0.327. The molecule has 2 rings (SSSR count). The van der Waals surface area contributed by atoms with Crippen LogP contribution in [0.4, 0.5) is 0 Å². The van der Waals surface area contributed by atoms with E-state index in [1.807, 2.05) is 12.1 Å². The molecule has 1 saturated carbocycles. The zero-order valence-corrected chi connectivity index (χ0v) is 14.0. The topological polar surface area (TPSA) is 12.0 Å². The normalized spacial score (nSPS) is 24.6. The third-order valence-corrected chi connectivity index (χ3v) is 5.44. The van der Waals surface area contributed by atoms with Crippen LogP contribution in [0, 0.1) is 11.8 Å². The predicted molar refractivity (Wildman–Crippen MR) is 88.6 cm³/mol. The molecule has 112 valence electrons. The molecule has 0 amide bonds. The standard InChI is InChI=1S/C17H25Cl2N/c1-3-13-4-6-14(7-5-13)11-20-12(2)15-8-9-16(18)17(19)10-15/h8-10,12-14,20H,3-7,11H2,1-2H3. The quantitative estimate of drug-likeness (QED) is 0.717. The van der Waals surface area contributed by atoms with E-state index < -0.39 is 0 Å². The van der Waals surface area contributed by atoms with Crippen LogP contribution in [-0.4, -0.2) is 6.54 Å². The second kappa shape index (κ2) is 7.68. The summed E-state index contributed by atoms with van der Waals surface area (Å²) in [5.74, 6) is 1.81. The van der Waals surface area contributed by atoms with Gasteiger partial charge >= 0.3 is 0 Å². The molecule has 0 bridgehead atoms. The van der Waals surface area contributed by atoms with Crippen LogP contribution in [0.25, 0.3) is 0 Å². The summed E-state index contributed by atoms with van der Waals surface area (Å²) in [6.07, 6.45) is 6.91. The maximum Gasteiger partial charge on any atom is 0.0595 e. The third-order valence-electron chi connectivity index (χ3n) is 4.70. The molecule has 1 aliphatic carbocycles. The summed E-state index contributed by atoms with van der Waals surface area (Å²) in [7, 11) is 0. The molecule has 1 aromatic carbocycles. The van der Waals surface area contributed by atoms with E-state index in [0.29, 0.717) is 16.1 Å². The van der Waals surface area contributed by atoms with Crippen molar-refractivity contribution in [2.24, 2.45) is 11.8 Å². The first-order valence-electron chi connectivity index (χ1n) is 7.78. The molecule has 0 aliphatic heterocycles. The number of nitrogens with one attached hydrogen (secondary N) is 1. The van der Waals surface area contributed by atoms with Crippen LogP contribution in [-0.2, 0) is 0 Å². The van der Waals surface area contributed by atoms with Gasteiger partial charge in [-0.05, 0) is 55.8 Å². The first kappa shape index (κ1) is 16.1. The van der Waals surface area contributed by atoms with Gasteiger partial charge in [0.2, 0.25) is 0 Å². The van der Waals surface area contributed by atoms with Crippen molar-refractivity contribution in [3.05, 3.63) is 33.8 Å². The third kappa shape index (κ3) is 4.38. The second-order valence-electron chi connectivity index (χ2n) is 6.10. The Morgan fingerprint density at radius 2 is 1.75 bits per heavy atom. The Labute approximate surface area is 133 Å². The van der Waals surface area contributed by atoms with E-state index in [4.69, 9.17) is 23.2 Å². The highest BCUT2D eigenvalue weighted by Gasteiger charge is 2.20. The summed E-state index contributed by atoms with van der Waals surface area (Å²) in [5, 5.41) is 4.91. The van der Waals surface area contributed by atoms with Gasteiger partial charge in [0.15, 0.2) is 0 Å². The fourth-order valence-electron chi connectivity index (χ4n) is 3.09. The smallest absolute Gasteiger partial charge is 0.0595 e. The van der Waals surface area contributed by atoms with E-state index in [9.17, 15) is 0 Å². The van der Waals surface area contributed by atoms with Crippen molar-refractivity contribution in [1.29, 1.82) is 0 Å². The minimum Gasteiger partial charge on any atom is -0.310 e. The molecule has 0 heterocycles. The molecule has 1 nitrogen and oxygen atoms in total. The molecule has 1 unspecified atom stereocenters. The fraction of sp³-hybridized carbons (Fsp3) is 0.647. The van der Waals surface area contributed by atoms with Gasteiger partial charge in [-0.1, -0.05) is 55.5 Å². The van der Waals surface area contributed by atoms with Gasteiger partial charge in [-0.3, -0.25) is 0 Å². The maximum absolute atomic E-state index is 6.08. The summed E-state index contributed by atoms with van der Waals surface area (Å²) in [5.41, 5.74) is 1.21. The first-order valence-corrected chi connectivity index (χ1v) is 8.54. The summed E-state index contributed by atoms with van der Waals surface area (Å²) in [4.78, 5) is 0. The molecule has 0 saturated heterocycles. The number of rotatable bonds is 5. The van der Waals surface area contributed by atoms with Crippen LogP contribution in [0.3, 0.4) is 0 Å². The van der Waals surface area contributed by atoms with Crippen LogP contribution in [0.5, 0.6) is 0 Å². The molecule has 1 fully saturated rings. The van der Waals surface area contributed by atoms with Crippen molar-refractivity contribution in [3.63, 3.8) is 0 Å². The highest BCUT2D eigenvalue weighted by Crippen LogP contribution is 2.31. The Morgan fingerprint density at radius 3 is 2.35 bits per heavy atom. The molecule has 0 aromatic heterocycles. The van der Waals surface area contributed by atoms with Crippen molar-refractivity contribution < 1.29 is 0 Å². The Kier molecular flexibility index (Phi) is 6.20. The molecular weight excluding hydrogens is 289 g/mol. The first-order chi connectivity index (χ1) is 9.60. The van der Waals surface area contributed by atoms with Crippen molar-refractivity contribution in [2.75, 3.05) is 6.54 Å². The Morgan fingerprint density at radius 1 is 1.10 bits per heavy atom. The molecule has 0 radical (unpaired) electrons. The summed E-state index contributed by atoms with van der Waals surface area (Å²) in [6.45, 7) is 5.62. The fourth-order valence-corrected chi connectivity index (χ4v) is 3.39. The molecule has 0 spiro atoms. The van der Waals surface area contributed by atoms with Crippen molar-refractivity contribution in [2.45, 2.75) is 52.0 Å². The van der Waals surface area contributed by atoms with Crippen LogP contribution < -0.4 is 5.32 Å². The van der Waals surface area contributed by atoms with Crippen LogP contribution in [0.1, 0.15) is 57.6 Å². The number of hydrogen-bond acceptors (Lipinski definition) is 1. The van der Waals surface area contributed by atoms with Crippen molar-refractivity contribution in [1.82, 2.24) is 5.32 Å². The molecular formula is C17H25Cl2N. The Balaban J connectivity index is 1.80. The van der Waals surface area contributed by atoms with Gasteiger partial charge < -0.3 is 5.32 Å². The molecule has 1 N–H and O–H groups in total. The molecule has 1 aliphatic rings. The summed E-state index contributed by atoms with van der Waals surface area (Å²) in [6, 6.07) is 6.23. The Hall–Kier alpha value is -0.240. The Bertz CT molecular complexity index is 425. The molecule has 1 aromatic rings. The van der Waals surface area contributed by atoms with Crippen LogP contribution in [0.15, 0.2) is 18.2 Å². The monoisotopic (exact) mass is 313 g/mol. The molecule has 20 heavy (non-hydrogen) atoms. The molecule has 1 atom stereocenters. The van der Waals surface area contributed by atoms with Crippen LogP contribution >= 0.6 is 23.2 Å².